The number of nitrogens with two attached hydrogens (primary N) is 1. The fourth-order valence-electron chi connectivity index (χ4n) is 1.94. The van der Waals surface area contributed by atoms with Crippen molar-refractivity contribution in [3.63, 3.8) is 0 Å². The molecule has 4 heteroatoms. The van der Waals surface area contributed by atoms with Crippen LogP contribution in [0.5, 0.6) is 0 Å². The highest BCUT2D eigenvalue weighted by Crippen LogP contribution is 2.21. The van der Waals surface area contributed by atoms with Crippen molar-refractivity contribution in [1.82, 2.24) is 0 Å². The van der Waals surface area contributed by atoms with E-state index in [9.17, 15) is 9.18 Å². The molecule has 100 valence electrons. The Morgan fingerprint density at radius 3 is 2.67 bits per heavy atom. The highest BCUT2D eigenvalue weighted by molar-refractivity contribution is 9.10. The molecule has 0 fully saturated rings. The van der Waals surface area contributed by atoms with Gasteiger partial charge in [-0.3, -0.25) is 4.79 Å². The molecule has 0 amide bonds. The van der Waals surface area contributed by atoms with E-state index in [1.54, 1.807) is 6.07 Å². The molecule has 0 aliphatic heterocycles. The van der Waals surface area contributed by atoms with Gasteiger partial charge in [0.2, 0.25) is 0 Å². The number of ketones is 1. The summed E-state index contributed by atoms with van der Waals surface area (Å²) >= 11 is 3.33. The summed E-state index contributed by atoms with van der Waals surface area (Å²) in [7, 11) is 0. The van der Waals surface area contributed by atoms with Crippen molar-refractivity contribution in [2.24, 2.45) is 17.6 Å². The number of hydrogen-bond acceptors (Lipinski definition) is 2. The molecule has 0 heterocycles. The quantitative estimate of drug-likeness (QED) is 0.875. The molecule has 0 aliphatic carbocycles. The number of rotatable bonds is 6. The monoisotopic (exact) mass is 315 g/mol. The number of carbonyl (C=O) groups is 1. The third-order valence-electron chi connectivity index (χ3n) is 2.87. The Hall–Kier alpha value is -0.740. The topological polar surface area (TPSA) is 43.1 Å². The zero-order valence-corrected chi connectivity index (χ0v) is 12.3. The van der Waals surface area contributed by atoms with Crippen molar-refractivity contribution in [2.75, 3.05) is 6.54 Å². The van der Waals surface area contributed by atoms with Gasteiger partial charge in [-0.1, -0.05) is 29.8 Å². The van der Waals surface area contributed by atoms with Gasteiger partial charge in [0.25, 0.3) is 0 Å². The van der Waals surface area contributed by atoms with E-state index in [4.69, 9.17) is 5.73 Å². The maximum Gasteiger partial charge on any atom is 0.141 e. The fourth-order valence-corrected chi connectivity index (χ4v) is 2.33. The van der Waals surface area contributed by atoms with E-state index in [0.717, 1.165) is 10.9 Å². The van der Waals surface area contributed by atoms with E-state index in [0.29, 0.717) is 18.0 Å². The number of benzene rings is 1. The van der Waals surface area contributed by atoms with Crippen LogP contribution in [0.4, 0.5) is 4.39 Å². The number of carbonyl (C=O) groups excluding carboxylic acids is 1. The lowest BCUT2D eigenvalue weighted by Gasteiger charge is -2.16. The van der Waals surface area contributed by atoms with Gasteiger partial charge in [-0.05, 0) is 36.1 Å². The van der Waals surface area contributed by atoms with Gasteiger partial charge in [0.1, 0.15) is 11.6 Å². The summed E-state index contributed by atoms with van der Waals surface area (Å²) in [5.41, 5.74) is 6.32. The molecule has 1 atom stereocenters. The van der Waals surface area contributed by atoms with Crippen LogP contribution < -0.4 is 5.73 Å². The first-order valence-electron chi connectivity index (χ1n) is 6.10. The second-order valence-corrected chi connectivity index (χ2v) is 5.80. The van der Waals surface area contributed by atoms with E-state index in [-0.39, 0.29) is 23.9 Å². The summed E-state index contributed by atoms with van der Waals surface area (Å²) in [5.74, 6) is 0.0466. The summed E-state index contributed by atoms with van der Waals surface area (Å²) in [4.78, 5) is 12.1. The van der Waals surface area contributed by atoms with Crippen molar-refractivity contribution in [1.29, 1.82) is 0 Å². The minimum atomic E-state index is -0.325. The van der Waals surface area contributed by atoms with Crippen molar-refractivity contribution >= 4 is 21.7 Å². The standard InChI is InChI=1S/C14H19BrFNO/c1-9(2)5-11(8-17)14(18)7-10-6-12(16)3-4-13(10)15/h3-4,6,9,11H,5,7-8,17H2,1-2H3. The molecular weight excluding hydrogens is 297 g/mol. The third kappa shape index (κ3) is 4.50. The van der Waals surface area contributed by atoms with Crippen LogP contribution in [0.3, 0.4) is 0 Å². The summed E-state index contributed by atoms with van der Waals surface area (Å²) < 4.78 is 13.9. The number of hydrogen-bond donors (Lipinski definition) is 1. The van der Waals surface area contributed by atoms with Crippen LogP contribution in [0.1, 0.15) is 25.8 Å². The fraction of sp³-hybridized carbons (Fsp3) is 0.500. The van der Waals surface area contributed by atoms with Crippen LogP contribution in [0.2, 0.25) is 0 Å². The molecule has 0 radical (unpaired) electrons. The average Bonchev–Trinajstić information content (AvgIpc) is 2.30. The van der Waals surface area contributed by atoms with E-state index in [1.165, 1.54) is 12.1 Å². The second-order valence-electron chi connectivity index (χ2n) is 4.94. The van der Waals surface area contributed by atoms with Gasteiger partial charge < -0.3 is 5.73 Å². The molecule has 1 aromatic rings. The first-order valence-corrected chi connectivity index (χ1v) is 6.90. The average molecular weight is 316 g/mol. The van der Waals surface area contributed by atoms with Crippen molar-refractivity contribution < 1.29 is 9.18 Å². The predicted octanol–water partition coefficient (Wildman–Crippen LogP) is 3.32. The lowest BCUT2D eigenvalue weighted by atomic mass is 9.90. The molecule has 0 bridgehead atoms. The maximum absolute atomic E-state index is 13.1. The Balaban J connectivity index is 2.76. The van der Waals surface area contributed by atoms with Crippen molar-refractivity contribution in [3.05, 3.63) is 34.1 Å². The highest BCUT2D eigenvalue weighted by atomic mass is 79.9. The smallest absolute Gasteiger partial charge is 0.141 e. The SMILES string of the molecule is CC(C)CC(CN)C(=O)Cc1cc(F)ccc1Br. The van der Waals surface area contributed by atoms with E-state index in [1.807, 2.05) is 0 Å². The molecule has 18 heavy (non-hydrogen) atoms. The Bertz CT molecular complexity index is 420. The minimum Gasteiger partial charge on any atom is -0.330 e. The molecule has 0 aliphatic rings. The normalized spacial score (nSPS) is 12.8. The maximum atomic E-state index is 13.1. The number of halogens is 2. The zero-order chi connectivity index (χ0) is 13.7. The van der Waals surface area contributed by atoms with Gasteiger partial charge in [0.15, 0.2) is 0 Å². The van der Waals surface area contributed by atoms with Crippen molar-refractivity contribution in [2.45, 2.75) is 26.7 Å². The largest absolute Gasteiger partial charge is 0.330 e. The molecule has 2 N–H and O–H groups in total. The Labute approximate surface area is 116 Å². The summed E-state index contributed by atoms with van der Waals surface area (Å²) in [6, 6.07) is 4.38. The van der Waals surface area contributed by atoms with Crippen LogP contribution in [0.25, 0.3) is 0 Å². The third-order valence-corrected chi connectivity index (χ3v) is 3.64. The Kier molecular flexibility index (Phi) is 5.96. The lowest BCUT2D eigenvalue weighted by molar-refractivity contribution is -0.122. The van der Waals surface area contributed by atoms with E-state index < -0.39 is 0 Å². The van der Waals surface area contributed by atoms with Gasteiger partial charge in [0.05, 0.1) is 0 Å². The zero-order valence-electron chi connectivity index (χ0n) is 10.7. The molecule has 2 nitrogen and oxygen atoms in total. The van der Waals surface area contributed by atoms with Gasteiger partial charge in [0, 0.05) is 23.4 Å². The first-order chi connectivity index (χ1) is 8.43. The van der Waals surface area contributed by atoms with E-state index >= 15 is 0 Å². The minimum absolute atomic E-state index is 0.0810. The highest BCUT2D eigenvalue weighted by Gasteiger charge is 2.19. The Morgan fingerprint density at radius 2 is 2.11 bits per heavy atom. The summed E-state index contributed by atoms with van der Waals surface area (Å²) in [6.07, 6.45) is 1.01. The Morgan fingerprint density at radius 1 is 1.44 bits per heavy atom. The molecule has 1 aromatic carbocycles. The van der Waals surface area contributed by atoms with Crippen LogP contribution >= 0.6 is 15.9 Å². The van der Waals surface area contributed by atoms with Gasteiger partial charge in [-0.2, -0.15) is 0 Å². The molecule has 0 saturated heterocycles. The molecule has 1 unspecified atom stereocenters. The first kappa shape index (κ1) is 15.3. The summed E-state index contributed by atoms with van der Waals surface area (Å²) in [5, 5.41) is 0. The van der Waals surface area contributed by atoms with Gasteiger partial charge in [-0.25, -0.2) is 4.39 Å². The van der Waals surface area contributed by atoms with Gasteiger partial charge in [-0.15, -0.1) is 0 Å². The van der Waals surface area contributed by atoms with Crippen LogP contribution in [-0.4, -0.2) is 12.3 Å². The number of Topliss-reactive ketones (excluding diaryl/α,β-unsaturated/α-hetero) is 1. The summed E-state index contributed by atoms with van der Waals surface area (Å²) in [6.45, 7) is 4.48. The van der Waals surface area contributed by atoms with Crippen LogP contribution in [0, 0.1) is 17.7 Å². The molecular formula is C14H19BrFNO. The van der Waals surface area contributed by atoms with Crippen LogP contribution in [0.15, 0.2) is 22.7 Å². The molecule has 0 aromatic heterocycles. The second kappa shape index (κ2) is 7.00. The van der Waals surface area contributed by atoms with Gasteiger partial charge >= 0.3 is 0 Å². The van der Waals surface area contributed by atoms with Crippen LogP contribution in [-0.2, 0) is 11.2 Å². The predicted molar refractivity (Wildman–Crippen MR) is 74.8 cm³/mol. The molecule has 1 rings (SSSR count). The van der Waals surface area contributed by atoms with E-state index in [2.05, 4.69) is 29.8 Å². The van der Waals surface area contributed by atoms with Crippen molar-refractivity contribution in [3.8, 4) is 0 Å². The molecule has 0 saturated carbocycles. The molecule has 0 spiro atoms. The lowest BCUT2D eigenvalue weighted by Crippen LogP contribution is -2.26.